The largest absolute Gasteiger partial charge is 0.356 e. The topological polar surface area (TPSA) is 71.3 Å². The lowest BCUT2D eigenvalue weighted by Crippen LogP contribution is -2.37. The van der Waals surface area contributed by atoms with Gasteiger partial charge in [0, 0.05) is 19.2 Å². The van der Waals surface area contributed by atoms with Gasteiger partial charge in [0.2, 0.25) is 0 Å². The number of anilines is 1. The first kappa shape index (κ1) is 15.7. The van der Waals surface area contributed by atoms with Crippen LogP contribution in [0.4, 0.5) is 11.5 Å². The number of rotatable bonds is 6. The van der Waals surface area contributed by atoms with E-state index in [2.05, 4.69) is 22.1 Å². The van der Waals surface area contributed by atoms with Gasteiger partial charge < -0.3 is 10.2 Å². The highest BCUT2D eigenvalue weighted by atomic mass is 16.6. The summed E-state index contributed by atoms with van der Waals surface area (Å²) < 4.78 is 0. The molecule has 1 aromatic heterocycles. The molecular weight excluding hydrogens is 268 g/mol. The van der Waals surface area contributed by atoms with Crippen molar-refractivity contribution in [3.8, 4) is 0 Å². The fourth-order valence-corrected chi connectivity index (χ4v) is 2.91. The molecule has 0 aromatic carbocycles. The van der Waals surface area contributed by atoms with Crippen LogP contribution in [0.2, 0.25) is 0 Å². The third-order valence-corrected chi connectivity index (χ3v) is 3.98. The van der Waals surface area contributed by atoms with Crippen LogP contribution in [-0.2, 0) is 0 Å². The Balaban J connectivity index is 2.14. The minimum atomic E-state index is -0.388. The molecule has 2 heterocycles. The van der Waals surface area contributed by atoms with Crippen molar-refractivity contribution in [1.82, 2.24) is 10.3 Å². The fraction of sp³-hybridized carbons (Fsp3) is 0.667. The molecule has 0 amide bonds. The summed E-state index contributed by atoms with van der Waals surface area (Å²) in [7, 11) is 0. The number of hydrogen-bond donors (Lipinski definition) is 1. The quantitative estimate of drug-likeness (QED) is 0.644. The zero-order valence-corrected chi connectivity index (χ0v) is 12.8. The summed E-state index contributed by atoms with van der Waals surface area (Å²) >= 11 is 0. The van der Waals surface area contributed by atoms with E-state index in [1.807, 2.05) is 6.92 Å². The first-order valence-corrected chi connectivity index (χ1v) is 7.68. The Morgan fingerprint density at radius 3 is 2.76 bits per heavy atom. The zero-order chi connectivity index (χ0) is 15.2. The van der Waals surface area contributed by atoms with Crippen LogP contribution in [0.1, 0.15) is 31.7 Å². The minimum Gasteiger partial charge on any atom is -0.356 e. The van der Waals surface area contributed by atoms with Crippen LogP contribution >= 0.6 is 0 Å². The average molecular weight is 292 g/mol. The van der Waals surface area contributed by atoms with Crippen LogP contribution in [0.15, 0.2) is 12.3 Å². The Bertz CT molecular complexity index is 487. The number of nitrogens with one attached hydrogen (secondary N) is 1. The Hall–Kier alpha value is -1.69. The van der Waals surface area contributed by atoms with Crippen molar-refractivity contribution in [2.45, 2.75) is 33.1 Å². The molecule has 0 atom stereocenters. The predicted octanol–water partition coefficient (Wildman–Crippen LogP) is 2.51. The summed E-state index contributed by atoms with van der Waals surface area (Å²) in [4.78, 5) is 17.1. The highest BCUT2D eigenvalue weighted by Gasteiger charge is 2.20. The summed E-state index contributed by atoms with van der Waals surface area (Å²) in [5, 5.41) is 14.2. The van der Waals surface area contributed by atoms with Crippen LogP contribution in [0.25, 0.3) is 0 Å². The summed E-state index contributed by atoms with van der Waals surface area (Å²) in [6, 6.07) is 1.62. The molecule has 1 aromatic rings. The van der Waals surface area contributed by atoms with Crippen LogP contribution < -0.4 is 10.2 Å². The lowest BCUT2D eigenvalue weighted by atomic mass is 9.97. The third kappa shape index (κ3) is 4.14. The van der Waals surface area contributed by atoms with Gasteiger partial charge in [-0.3, -0.25) is 10.1 Å². The molecule has 1 aliphatic rings. The van der Waals surface area contributed by atoms with Gasteiger partial charge in [0.1, 0.15) is 12.0 Å². The molecule has 6 nitrogen and oxygen atoms in total. The molecule has 116 valence electrons. The van der Waals surface area contributed by atoms with Gasteiger partial charge in [0.15, 0.2) is 0 Å². The molecule has 0 spiro atoms. The lowest BCUT2D eigenvalue weighted by molar-refractivity contribution is -0.385. The van der Waals surface area contributed by atoms with Crippen molar-refractivity contribution < 1.29 is 4.92 Å². The van der Waals surface area contributed by atoms with Crippen LogP contribution in [0, 0.1) is 23.0 Å². The molecule has 0 aliphatic carbocycles. The SMILES string of the molecule is CCCN(CC1CCNCC1)c1ncc([N+](=O)[O-])cc1C. The average Bonchev–Trinajstić information content (AvgIpc) is 2.48. The summed E-state index contributed by atoms with van der Waals surface area (Å²) in [6.45, 7) is 8.14. The molecule has 6 heteroatoms. The van der Waals surface area contributed by atoms with Crippen LogP contribution in [0.3, 0.4) is 0 Å². The Kier molecular flexibility index (Phi) is 5.50. The molecule has 0 radical (unpaired) electrons. The molecule has 21 heavy (non-hydrogen) atoms. The number of piperidine rings is 1. The molecule has 0 unspecified atom stereocenters. The van der Waals surface area contributed by atoms with Crippen LogP contribution in [0.5, 0.6) is 0 Å². The van der Waals surface area contributed by atoms with E-state index in [-0.39, 0.29) is 10.6 Å². The molecule has 0 bridgehead atoms. The van der Waals surface area contributed by atoms with Gasteiger partial charge in [0.25, 0.3) is 5.69 Å². The highest BCUT2D eigenvalue weighted by molar-refractivity contribution is 5.50. The molecular formula is C15H24N4O2. The fourth-order valence-electron chi connectivity index (χ4n) is 2.91. The van der Waals surface area contributed by atoms with Crippen molar-refractivity contribution in [2.24, 2.45) is 5.92 Å². The maximum Gasteiger partial charge on any atom is 0.287 e. The molecule has 1 N–H and O–H groups in total. The number of hydrogen-bond acceptors (Lipinski definition) is 5. The normalized spacial score (nSPS) is 15.9. The second kappa shape index (κ2) is 7.36. The first-order chi connectivity index (χ1) is 10.1. The predicted molar refractivity (Wildman–Crippen MR) is 83.7 cm³/mol. The summed E-state index contributed by atoms with van der Waals surface area (Å²) in [5.41, 5.74) is 0.946. The van der Waals surface area contributed by atoms with Crippen molar-refractivity contribution in [3.05, 3.63) is 27.9 Å². The molecule has 1 aliphatic heterocycles. The summed E-state index contributed by atoms with van der Waals surface area (Å²) in [5.74, 6) is 1.56. The Morgan fingerprint density at radius 2 is 2.19 bits per heavy atom. The smallest absolute Gasteiger partial charge is 0.287 e. The molecule has 1 saturated heterocycles. The minimum absolute atomic E-state index is 0.0644. The van der Waals surface area contributed by atoms with Gasteiger partial charge in [0.05, 0.1) is 4.92 Å². The number of aromatic nitrogens is 1. The van der Waals surface area contributed by atoms with E-state index in [0.29, 0.717) is 5.92 Å². The van der Waals surface area contributed by atoms with Crippen molar-refractivity contribution >= 4 is 11.5 Å². The van der Waals surface area contributed by atoms with Crippen molar-refractivity contribution in [3.63, 3.8) is 0 Å². The van der Waals surface area contributed by atoms with E-state index in [4.69, 9.17) is 0 Å². The Morgan fingerprint density at radius 1 is 1.48 bits per heavy atom. The highest BCUT2D eigenvalue weighted by Crippen LogP contribution is 2.24. The first-order valence-electron chi connectivity index (χ1n) is 7.68. The lowest BCUT2D eigenvalue weighted by Gasteiger charge is -2.31. The van der Waals surface area contributed by atoms with E-state index in [1.54, 1.807) is 6.07 Å². The standard InChI is InChI=1S/C15H24N4O2/c1-3-8-18(11-13-4-6-16-7-5-13)15-12(2)9-14(10-17-15)19(20)21/h9-10,13,16H,3-8,11H2,1-2H3. The molecule has 0 saturated carbocycles. The Labute approximate surface area is 125 Å². The monoisotopic (exact) mass is 292 g/mol. The second-order valence-electron chi connectivity index (χ2n) is 5.73. The molecule has 2 rings (SSSR count). The second-order valence-corrected chi connectivity index (χ2v) is 5.73. The number of aryl methyl sites for hydroxylation is 1. The van der Waals surface area contributed by atoms with Gasteiger partial charge in [-0.25, -0.2) is 4.98 Å². The van der Waals surface area contributed by atoms with E-state index >= 15 is 0 Å². The van der Waals surface area contributed by atoms with Crippen LogP contribution in [-0.4, -0.2) is 36.1 Å². The van der Waals surface area contributed by atoms with E-state index in [9.17, 15) is 10.1 Å². The number of nitrogens with zero attached hydrogens (tertiary/aromatic N) is 3. The number of nitro groups is 1. The van der Waals surface area contributed by atoms with Gasteiger partial charge in [-0.05, 0) is 50.8 Å². The maximum atomic E-state index is 10.8. The van der Waals surface area contributed by atoms with E-state index < -0.39 is 0 Å². The van der Waals surface area contributed by atoms with Crippen molar-refractivity contribution in [2.75, 3.05) is 31.1 Å². The van der Waals surface area contributed by atoms with Gasteiger partial charge in [-0.1, -0.05) is 6.92 Å². The number of pyridine rings is 1. The third-order valence-electron chi connectivity index (χ3n) is 3.98. The summed E-state index contributed by atoms with van der Waals surface area (Å²) in [6.07, 6.45) is 4.79. The maximum absolute atomic E-state index is 10.8. The molecule has 1 fully saturated rings. The van der Waals surface area contributed by atoms with E-state index in [1.165, 1.54) is 19.0 Å². The van der Waals surface area contributed by atoms with Crippen molar-refractivity contribution in [1.29, 1.82) is 0 Å². The van der Waals surface area contributed by atoms with Gasteiger partial charge in [-0.2, -0.15) is 0 Å². The van der Waals surface area contributed by atoms with E-state index in [0.717, 1.165) is 44.0 Å². The van der Waals surface area contributed by atoms with Gasteiger partial charge in [-0.15, -0.1) is 0 Å². The zero-order valence-electron chi connectivity index (χ0n) is 12.8. The van der Waals surface area contributed by atoms with Gasteiger partial charge >= 0.3 is 0 Å².